The number of nitro groups is 1. The van der Waals surface area contributed by atoms with Gasteiger partial charge in [0.25, 0.3) is 0 Å². The lowest BCUT2D eigenvalue weighted by atomic mass is 9.93. The first-order valence-electron chi connectivity index (χ1n) is 6.36. The number of carbonyl (C=O) groups excluding carboxylic acids is 1. The van der Waals surface area contributed by atoms with Crippen LogP contribution in [0.3, 0.4) is 0 Å². The molecule has 2 N–H and O–H groups in total. The van der Waals surface area contributed by atoms with Crippen molar-refractivity contribution < 1.29 is 9.72 Å². The summed E-state index contributed by atoms with van der Waals surface area (Å²) in [6.07, 6.45) is 2.73. The fourth-order valence-corrected chi connectivity index (χ4v) is 1.77. The summed E-state index contributed by atoms with van der Waals surface area (Å²) in [5, 5.41) is 14.4. The van der Waals surface area contributed by atoms with Gasteiger partial charge in [0.2, 0.25) is 5.91 Å². The zero-order valence-electron chi connectivity index (χ0n) is 12.5. The Hall–Kier alpha value is -1.67. The predicted octanol–water partition coefficient (Wildman–Crippen LogP) is 1.05. The van der Waals surface area contributed by atoms with Gasteiger partial charge >= 0.3 is 5.69 Å². The molecular weight excluding hydrogens is 298 g/mol. The highest BCUT2D eigenvalue weighted by molar-refractivity contribution is 5.85. The largest absolute Gasteiger partial charge is 0.345 e. The third-order valence-electron chi connectivity index (χ3n) is 3.03. The van der Waals surface area contributed by atoms with Crippen molar-refractivity contribution in [1.29, 1.82) is 0 Å². The molecule has 0 aromatic carbocycles. The van der Waals surface area contributed by atoms with E-state index in [2.05, 4.69) is 5.10 Å². The number of rotatable bonds is 7. The van der Waals surface area contributed by atoms with E-state index in [0.29, 0.717) is 19.6 Å². The minimum Gasteiger partial charge on any atom is -0.345 e. The SMILES string of the molecule is CN(CC(C)(C)CN)C(=O)CCn1cc([N+](=O)[O-])cn1.Cl. The second-order valence-corrected chi connectivity index (χ2v) is 5.59. The first-order chi connectivity index (χ1) is 9.25. The lowest BCUT2D eigenvalue weighted by Crippen LogP contribution is -2.40. The topological polar surface area (TPSA) is 107 Å². The van der Waals surface area contributed by atoms with Gasteiger partial charge in [-0.3, -0.25) is 19.6 Å². The first-order valence-corrected chi connectivity index (χ1v) is 6.36. The van der Waals surface area contributed by atoms with E-state index in [1.165, 1.54) is 17.1 Å². The third kappa shape index (κ3) is 6.09. The average molecular weight is 320 g/mol. The molecule has 0 bridgehead atoms. The molecule has 120 valence electrons. The molecule has 0 saturated carbocycles. The normalized spacial score (nSPS) is 10.9. The van der Waals surface area contributed by atoms with Crippen molar-refractivity contribution in [3.8, 4) is 0 Å². The number of nitrogens with zero attached hydrogens (tertiary/aromatic N) is 4. The Morgan fingerprint density at radius 2 is 2.19 bits per heavy atom. The summed E-state index contributed by atoms with van der Waals surface area (Å²) >= 11 is 0. The van der Waals surface area contributed by atoms with Gasteiger partial charge in [0.15, 0.2) is 0 Å². The molecular formula is C12H22ClN5O3. The highest BCUT2D eigenvalue weighted by Crippen LogP contribution is 2.14. The molecule has 9 heteroatoms. The molecule has 0 aliphatic rings. The summed E-state index contributed by atoms with van der Waals surface area (Å²) in [6, 6.07) is 0. The lowest BCUT2D eigenvalue weighted by Gasteiger charge is -2.29. The van der Waals surface area contributed by atoms with Gasteiger partial charge in [-0.05, 0) is 12.0 Å². The molecule has 8 nitrogen and oxygen atoms in total. The number of halogens is 1. The average Bonchev–Trinajstić information content (AvgIpc) is 2.84. The van der Waals surface area contributed by atoms with Crippen LogP contribution < -0.4 is 5.73 Å². The van der Waals surface area contributed by atoms with Crippen molar-refractivity contribution in [2.45, 2.75) is 26.8 Å². The van der Waals surface area contributed by atoms with Crippen molar-refractivity contribution in [3.05, 3.63) is 22.5 Å². The highest BCUT2D eigenvalue weighted by Gasteiger charge is 2.21. The zero-order valence-corrected chi connectivity index (χ0v) is 13.3. The number of hydrogen-bond acceptors (Lipinski definition) is 5. The number of aromatic nitrogens is 2. The maximum absolute atomic E-state index is 12.0. The Morgan fingerprint density at radius 3 is 2.67 bits per heavy atom. The van der Waals surface area contributed by atoms with Crippen LogP contribution >= 0.6 is 12.4 Å². The standard InChI is InChI=1S/C12H21N5O3.ClH/c1-12(2,8-13)9-15(3)11(18)4-5-16-7-10(6-14-16)17(19)20;/h6-7H,4-5,8-9,13H2,1-3H3;1H. The van der Waals surface area contributed by atoms with Gasteiger partial charge in [-0.15, -0.1) is 12.4 Å². The van der Waals surface area contributed by atoms with Gasteiger partial charge < -0.3 is 10.6 Å². The maximum Gasteiger partial charge on any atom is 0.306 e. The molecule has 0 fully saturated rings. The second kappa shape index (κ2) is 7.94. The molecule has 0 spiro atoms. The summed E-state index contributed by atoms with van der Waals surface area (Å²) in [7, 11) is 1.73. The van der Waals surface area contributed by atoms with Gasteiger partial charge in [-0.25, -0.2) is 0 Å². The minimum atomic E-state index is -0.513. The Balaban J connectivity index is 0.00000400. The molecule has 0 unspecified atom stereocenters. The lowest BCUT2D eigenvalue weighted by molar-refractivity contribution is -0.385. The van der Waals surface area contributed by atoms with E-state index >= 15 is 0 Å². The van der Waals surface area contributed by atoms with Crippen LogP contribution in [-0.2, 0) is 11.3 Å². The summed E-state index contributed by atoms with van der Waals surface area (Å²) < 4.78 is 1.40. The second-order valence-electron chi connectivity index (χ2n) is 5.59. The van der Waals surface area contributed by atoms with Crippen LogP contribution in [0.5, 0.6) is 0 Å². The molecule has 1 heterocycles. The van der Waals surface area contributed by atoms with Crippen LogP contribution in [0, 0.1) is 15.5 Å². The molecule has 0 aliphatic carbocycles. The zero-order chi connectivity index (χ0) is 15.3. The smallest absolute Gasteiger partial charge is 0.306 e. The Labute approximate surface area is 129 Å². The highest BCUT2D eigenvalue weighted by atomic mass is 35.5. The predicted molar refractivity (Wildman–Crippen MR) is 81.2 cm³/mol. The molecule has 0 aliphatic heterocycles. The Bertz CT molecular complexity index is 489. The van der Waals surface area contributed by atoms with Crippen LogP contribution in [0.25, 0.3) is 0 Å². The Morgan fingerprint density at radius 1 is 1.57 bits per heavy atom. The van der Waals surface area contributed by atoms with E-state index in [1.807, 2.05) is 13.8 Å². The van der Waals surface area contributed by atoms with Gasteiger partial charge in [-0.1, -0.05) is 13.8 Å². The summed E-state index contributed by atoms with van der Waals surface area (Å²) in [6.45, 7) is 5.37. The number of aryl methyl sites for hydroxylation is 1. The number of hydrogen-bond donors (Lipinski definition) is 1. The van der Waals surface area contributed by atoms with Crippen molar-refractivity contribution in [3.63, 3.8) is 0 Å². The van der Waals surface area contributed by atoms with Gasteiger partial charge in [0, 0.05) is 26.6 Å². The molecule has 0 radical (unpaired) electrons. The number of nitrogens with two attached hydrogens (primary N) is 1. The van der Waals surface area contributed by atoms with E-state index < -0.39 is 4.92 Å². The summed E-state index contributed by atoms with van der Waals surface area (Å²) in [5.74, 6) is -0.0373. The van der Waals surface area contributed by atoms with Crippen LogP contribution in [-0.4, -0.2) is 45.6 Å². The maximum atomic E-state index is 12.0. The molecule has 21 heavy (non-hydrogen) atoms. The quantitative estimate of drug-likeness (QED) is 0.597. The molecule has 1 aromatic rings. The minimum absolute atomic E-state index is 0. The molecule has 1 aromatic heterocycles. The Kier molecular flexibility index (Phi) is 7.31. The van der Waals surface area contributed by atoms with Gasteiger partial charge in [-0.2, -0.15) is 5.10 Å². The summed E-state index contributed by atoms with van der Waals surface area (Å²) in [4.78, 5) is 23.6. The molecule has 0 saturated heterocycles. The van der Waals surface area contributed by atoms with E-state index in [0.717, 1.165) is 0 Å². The fourth-order valence-electron chi connectivity index (χ4n) is 1.77. The monoisotopic (exact) mass is 319 g/mol. The summed E-state index contributed by atoms with van der Waals surface area (Å²) in [5.41, 5.74) is 5.43. The van der Waals surface area contributed by atoms with E-state index in [4.69, 9.17) is 5.73 Å². The van der Waals surface area contributed by atoms with Crippen LogP contribution in [0.2, 0.25) is 0 Å². The van der Waals surface area contributed by atoms with Crippen molar-refractivity contribution in [2.24, 2.45) is 11.1 Å². The van der Waals surface area contributed by atoms with Gasteiger partial charge in [0.05, 0.1) is 4.92 Å². The van der Waals surface area contributed by atoms with Crippen molar-refractivity contribution in [2.75, 3.05) is 20.1 Å². The van der Waals surface area contributed by atoms with Gasteiger partial charge in [0.1, 0.15) is 12.4 Å². The molecule has 1 amide bonds. The molecule has 0 atom stereocenters. The van der Waals surface area contributed by atoms with E-state index in [9.17, 15) is 14.9 Å². The van der Waals surface area contributed by atoms with Crippen LogP contribution in [0.1, 0.15) is 20.3 Å². The third-order valence-corrected chi connectivity index (χ3v) is 3.03. The van der Waals surface area contributed by atoms with E-state index in [1.54, 1.807) is 11.9 Å². The number of amides is 1. The van der Waals surface area contributed by atoms with E-state index in [-0.39, 0.29) is 35.8 Å². The van der Waals surface area contributed by atoms with Crippen LogP contribution in [0.15, 0.2) is 12.4 Å². The van der Waals surface area contributed by atoms with Crippen molar-refractivity contribution >= 4 is 24.0 Å². The fraction of sp³-hybridized carbons (Fsp3) is 0.667. The molecule has 1 rings (SSSR count). The number of carbonyl (C=O) groups is 1. The first kappa shape index (κ1) is 19.3. The van der Waals surface area contributed by atoms with Crippen LogP contribution in [0.4, 0.5) is 5.69 Å². The van der Waals surface area contributed by atoms with Crippen molar-refractivity contribution in [1.82, 2.24) is 14.7 Å².